The fourth-order valence-corrected chi connectivity index (χ4v) is 6.07. The molecule has 2 aliphatic heterocycles. The van der Waals surface area contributed by atoms with Crippen molar-refractivity contribution in [3.63, 3.8) is 0 Å². The van der Waals surface area contributed by atoms with Crippen LogP contribution < -0.4 is 4.74 Å². The lowest BCUT2D eigenvalue weighted by Gasteiger charge is -2.34. The molecule has 3 nitrogen and oxygen atoms in total. The van der Waals surface area contributed by atoms with Gasteiger partial charge in [-0.2, -0.15) is 0 Å². The van der Waals surface area contributed by atoms with Crippen molar-refractivity contribution >= 4 is 11.8 Å². The SMILES string of the molecule is Oc1ccc2c(c1)[C@@H](c1ccc(SCCCN3CCCCC3)cc1)[C@@H](c1ccccc1)CO2. The second kappa shape index (κ2) is 10.7. The number of phenols is 1. The molecular weight excluding hydrogens is 426 g/mol. The molecule has 1 fully saturated rings. The minimum Gasteiger partial charge on any atom is -0.508 e. The summed E-state index contributed by atoms with van der Waals surface area (Å²) in [6, 6.07) is 25.2. The molecule has 0 unspecified atom stereocenters. The molecule has 0 bridgehead atoms. The molecular formula is C29H33NO2S. The van der Waals surface area contributed by atoms with Crippen molar-refractivity contribution in [1.82, 2.24) is 4.90 Å². The summed E-state index contributed by atoms with van der Waals surface area (Å²) in [5.41, 5.74) is 3.61. The normalized spacial score (nSPS) is 20.7. The van der Waals surface area contributed by atoms with Crippen LogP contribution >= 0.6 is 11.8 Å². The van der Waals surface area contributed by atoms with Gasteiger partial charge in [0.25, 0.3) is 0 Å². The van der Waals surface area contributed by atoms with Crippen molar-refractivity contribution in [2.75, 3.05) is 32.0 Å². The lowest BCUT2D eigenvalue weighted by Crippen LogP contribution is -2.30. The van der Waals surface area contributed by atoms with Gasteiger partial charge < -0.3 is 14.7 Å². The van der Waals surface area contributed by atoms with E-state index in [2.05, 4.69) is 59.5 Å². The van der Waals surface area contributed by atoms with Gasteiger partial charge in [0.15, 0.2) is 0 Å². The third-order valence-corrected chi connectivity index (χ3v) is 8.05. The maximum atomic E-state index is 10.2. The smallest absolute Gasteiger partial charge is 0.123 e. The summed E-state index contributed by atoms with van der Waals surface area (Å²) >= 11 is 1.96. The van der Waals surface area contributed by atoms with Gasteiger partial charge in [-0.15, -0.1) is 11.8 Å². The van der Waals surface area contributed by atoms with E-state index in [-0.39, 0.29) is 17.6 Å². The van der Waals surface area contributed by atoms with E-state index in [1.807, 2.05) is 23.9 Å². The number of nitrogens with zero attached hydrogens (tertiary/aromatic N) is 1. The van der Waals surface area contributed by atoms with E-state index in [1.165, 1.54) is 61.3 Å². The molecule has 0 aliphatic carbocycles. The van der Waals surface area contributed by atoms with Crippen LogP contribution in [0.15, 0.2) is 77.7 Å². The molecule has 0 spiro atoms. The van der Waals surface area contributed by atoms with Gasteiger partial charge in [0.05, 0.1) is 6.61 Å². The molecule has 0 radical (unpaired) electrons. The number of piperidine rings is 1. The van der Waals surface area contributed by atoms with Gasteiger partial charge >= 0.3 is 0 Å². The summed E-state index contributed by atoms with van der Waals surface area (Å²) in [4.78, 5) is 3.95. The van der Waals surface area contributed by atoms with Crippen molar-refractivity contribution in [3.05, 3.63) is 89.5 Å². The van der Waals surface area contributed by atoms with E-state index in [4.69, 9.17) is 4.74 Å². The van der Waals surface area contributed by atoms with Crippen LogP contribution in [0.5, 0.6) is 11.5 Å². The number of hydrogen-bond acceptors (Lipinski definition) is 4. The average Bonchev–Trinajstić information content (AvgIpc) is 2.87. The Morgan fingerprint density at radius 3 is 2.45 bits per heavy atom. The van der Waals surface area contributed by atoms with Gasteiger partial charge in [0.1, 0.15) is 11.5 Å². The first-order valence-corrected chi connectivity index (χ1v) is 13.2. The summed E-state index contributed by atoms with van der Waals surface area (Å²) in [6.45, 7) is 4.43. The first-order chi connectivity index (χ1) is 16.3. The zero-order valence-corrected chi connectivity index (χ0v) is 20.0. The first-order valence-electron chi connectivity index (χ1n) is 12.2. The summed E-state index contributed by atoms with van der Waals surface area (Å²) < 4.78 is 6.12. The fraction of sp³-hybridized carbons (Fsp3) is 0.379. The topological polar surface area (TPSA) is 32.7 Å². The molecule has 0 aromatic heterocycles. The van der Waals surface area contributed by atoms with Crippen LogP contribution in [-0.2, 0) is 0 Å². The van der Waals surface area contributed by atoms with Crippen molar-refractivity contribution in [1.29, 1.82) is 0 Å². The minimum absolute atomic E-state index is 0.154. The van der Waals surface area contributed by atoms with Crippen molar-refractivity contribution < 1.29 is 9.84 Å². The average molecular weight is 460 g/mol. The molecule has 2 atom stereocenters. The fourth-order valence-electron chi connectivity index (χ4n) is 5.24. The largest absolute Gasteiger partial charge is 0.508 e. The molecule has 3 aromatic carbocycles. The highest BCUT2D eigenvalue weighted by Gasteiger charge is 2.33. The summed E-state index contributed by atoms with van der Waals surface area (Å²) in [7, 11) is 0. The number of benzene rings is 3. The summed E-state index contributed by atoms with van der Waals surface area (Å²) in [5.74, 6) is 2.69. The second-order valence-electron chi connectivity index (χ2n) is 9.20. The number of fused-ring (bicyclic) bond motifs is 1. The first kappa shape index (κ1) is 22.4. The minimum atomic E-state index is 0.154. The summed E-state index contributed by atoms with van der Waals surface area (Å²) in [6.07, 6.45) is 5.38. The van der Waals surface area contributed by atoms with E-state index in [1.54, 1.807) is 6.07 Å². The Morgan fingerprint density at radius 1 is 0.879 bits per heavy atom. The molecule has 0 amide bonds. The molecule has 5 rings (SSSR count). The van der Waals surface area contributed by atoms with E-state index >= 15 is 0 Å². The Kier molecular flexibility index (Phi) is 7.23. The Hall–Kier alpha value is -2.43. The highest BCUT2D eigenvalue weighted by molar-refractivity contribution is 7.99. The molecule has 4 heteroatoms. The van der Waals surface area contributed by atoms with E-state index in [9.17, 15) is 5.11 Å². The number of phenolic OH excluding ortho intramolecular Hbond substituents is 1. The number of likely N-dealkylation sites (tertiary alicyclic amines) is 1. The maximum Gasteiger partial charge on any atom is 0.123 e. The zero-order chi connectivity index (χ0) is 22.5. The quantitative estimate of drug-likeness (QED) is 0.316. The Labute approximate surface area is 201 Å². The zero-order valence-electron chi connectivity index (χ0n) is 19.2. The molecule has 2 heterocycles. The van der Waals surface area contributed by atoms with E-state index < -0.39 is 0 Å². The number of thioether (sulfide) groups is 1. The highest BCUT2D eigenvalue weighted by atomic mass is 32.2. The van der Waals surface area contributed by atoms with Crippen LogP contribution in [0, 0.1) is 0 Å². The number of rotatable bonds is 7. The molecule has 33 heavy (non-hydrogen) atoms. The highest BCUT2D eigenvalue weighted by Crippen LogP contribution is 2.47. The lowest BCUT2D eigenvalue weighted by atomic mass is 9.76. The predicted octanol–water partition coefficient (Wildman–Crippen LogP) is 6.67. The molecule has 172 valence electrons. The molecule has 2 aliphatic rings. The lowest BCUT2D eigenvalue weighted by molar-refractivity contribution is 0.230. The van der Waals surface area contributed by atoms with Crippen LogP contribution in [-0.4, -0.2) is 42.0 Å². The number of aromatic hydroxyl groups is 1. The molecule has 0 saturated carbocycles. The van der Waals surface area contributed by atoms with Gasteiger partial charge in [-0.25, -0.2) is 0 Å². The monoisotopic (exact) mass is 459 g/mol. The second-order valence-corrected chi connectivity index (χ2v) is 10.4. The van der Waals surface area contributed by atoms with Crippen molar-refractivity contribution in [2.24, 2.45) is 0 Å². The van der Waals surface area contributed by atoms with Gasteiger partial charge in [0, 0.05) is 22.3 Å². The van der Waals surface area contributed by atoms with Crippen molar-refractivity contribution in [3.8, 4) is 11.5 Å². The van der Waals surface area contributed by atoms with Crippen LogP contribution in [0.25, 0.3) is 0 Å². The standard InChI is InChI=1S/C29H33NO2S/c31-24-12-15-28-26(20-24)29(27(21-32-28)22-8-3-1-4-9-22)23-10-13-25(14-11-23)33-19-7-18-30-16-5-2-6-17-30/h1,3-4,8-15,20,27,29,31H,2,5-7,16-19,21H2/t27-,29-/m1/s1. The van der Waals surface area contributed by atoms with Gasteiger partial charge in [0.2, 0.25) is 0 Å². The van der Waals surface area contributed by atoms with Gasteiger partial charge in [-0.3, -0.25) is 0 Å². The van der Waals surface area contributed by atoms with Crippen LogP contribution in [0.1, 0.15) is 54.2 Å². The maximum absolute atomic E-state index is 10.2. The number of hydrogen-bond donors (Lipinski definition) is 1. The van der Waals surface area contributed by atoms with Gasteiger partial charge in [-0.05, 0) is 86.1 Å². The Morgan fingerprint density at radius 2 is 1.67 bits per heavy atom. The third kappa shape index (κ3) is 5.39. The summed E-state index contributed by atoms with van der Waals surface area (Å²) in [5, 5.41) is 10.2. The molecule has 3 aromatic rings. The predicted molar refractivity (Wildman–Crippen MR) is 137 cm³/mol. The van der Waals surface area contributed by atoms with E-state index in [0.29, 0.717) is 6.61 Å². The van der Waals surface area contributed by atoms with E-state index in [0.717, 1.165) is 17.1 Å². The van der Waals surface area contributed by atoms with Crippen LogP contribution in [0.2, 0.25) is 0 Å². The molecule has 1 N–H and O–H groups in total. The Bertz CT molecular complexity index is 1030. The van der Waals surface area contributed by atoms with Gasteiger partial charge in [-0.1, -0.05) is 48.9 Å². The molecule has 1 saturated heterocycles. The van der Waals surface area contributed by atoms with Crippen molar-refractivity contribution in [2.45, 2.75) is 42.4 Å². The third-order valence-electron chi connectivity index (χ3n) is 6.95. The van der Waals surface area contributed by atoms with Crippen LogP contribution in [0.4, 0.5) is 0 Å². The number of ether oxygens (including phenoxy) is 1. The Balaban J connectivity index is 1.31. The van der Waals surface area contributed by atoms with Crippen LogP contribution in [0.3, 0.4) is 0 Å².